The lowest BCUT2D eigenvalue weighted by Gasteiger charge is -2.36. The Balaban J connectivity index is 1.42. The minimum Gasteiger partial charge on any atom is -0.358 e. The molecule has 8 nitrogen and oxygen atoms in total. The van der Waals surface area contributed by atoms with Crippen LogP contribution in [0.4, 0.5) is 5.82 Å². The number of aryl methyl sites for hydroxylation is 1. The van der Waals surface area contributed by atoms with Crippen molar-refractivity contribution in [2.24, 2.45) is 5.92 Å². The Kier molecular flexibility index (Phi) is 7.90. The maximum absolute atomic E-state index is 13.7. The zero-order valence-corrected chi connectivity index (χ0v) is 22.5. The molecule has 0 radical (unpaired) electrons. The van der Waals surface area contributed by atoms with E-state index < -0.39 is 0 Å². The average molecular weight is 515 g/mol. The van der Waals surface area contributed by atoms with Crippen LogP contribution >= 0.6 is 0 Å². The standard InChI is InChI=1S/C30H38N6O2/c1-20-9-10-24(29(37)33-25-11-12-25)17-26(20)36-16-14-32-28(30(36)38)34-27(23-7-5-4-6-8-23)21(2)18-35-15-13-31-22(3)19-35/h4-10,14,16-17,21-22,25,27,31H,11-13,15,18-19H2,1-3H3,(H,32,34)(H,33,37)/t21-,22-,27+/m0/s1. The quantitative estimate of drug-likeness (QED) is 0.405. The first-order chi connectivity index (χ1) is 18.4. The lowest BCUT2D eigenvalue weighted by Crippen LogP contribution is -2.50. The van der Waals surface area contributed by atoms with Gasteiger partial charge < -0.3 is 20.9 Å². The van der Waals surface area contributed by atoms with Crippen LogP contribution in [0.1, 0.15) is 54.2 Å². The van der Waals surface area contributed by atoms with Gasteiger partial charge in [-0.2, -0.15) is 0 Å². The van der Waals surface area contributed by atoms with E-state index in [0.29, 0.717) is 23.1 Å². The molecule has 1 amide bonds. The van der Waals surface area contributed by atoms with Crippen LogP contribution in [0, 0.1) is 12.8 Å². The van der Waals surface area contributed by atoms with E-state index in [1.54, 1.807) is 23.0 Å². The predicted molar refractivity (Wildman–Crippen MR) is 151 cm³/mol. The van der Waals surface area contributed by atoms with E-state index in [9.17, 15) is 9.59 Å². The molecule has 1 aliphatic heterocycles. The molecule has 0 spiro atoms. The third-order valence-corrected chi connectivity index (χ3v) is 7.50. The fourth-order valence-electron chi connectivity index (χ4n) is 5.26. The Bertz CT molecular complexity index is 1320. The molecule has 38 heavy (non-hydrogen) atoms. The molecule has 3 atom stereocenters. The molecule has 2 fully saturated rings. The molecule has 2 aliphatic rings. The highest BCUT2D eigenvalue weighted by molar-refractivity contribution is 5.95. The number of hydrogen-bond acceptors (Lipinski definition) is 6. The maximum atomic E-state index is 13.7. The van der Waals surface area contributed by atoms with Crippen LogP contribution < -0.4 is 21.5 Å². The molecule has 2 aromatic carbocycles. The van der Waals surface area contributed by atoms with Crippen LogP contribution in [0.3, 0.4) is 0 Å². The third kappa shape index (κ3) is 6.14. The molecule has 0 bridgehead atoms. The first kappa shape index (κ1) is 26.1. The van der Waals surface area contributed by atoms with Crippen molar-refractivity contribution >= 4 is 11.7 Å². The molecular weight excluding hydrogens is 476 g/mol. The first-order valence-corrected chi connectivity index (χ1v) is 13.7. The van der Waals surface area contributed by atoms with Crippen molar-refractivity contribution in [1.82, 2.24) is 25.1 Å². The summed E-state index contributed by atoms with van der Waals surface area (Å²) in [5.74, 6) is 0.428. The van der Waals surface area contributed by atoms with Crippen LogP contribution in [0.25, 0.3) is 5.69 Å². The van der Waals surface area contributed by atoms with Gasteiger partial charge in [-0.3, -0.25) is 14.2 Å². The molecule has 3 aromatic rings. The van der Waals surface area contributed by atoms with Crippen LogP contribution in [-0.2, 0) is 0 Å². The van der Waals surface area contributed by atoms with Gasteiger partial charge in [0, 0.05) is 56.2 Å². The van der Waals surface area contributed by atoms with Crippen molar-refractivity contribution in [2.45, 2.75) is 51.7 Å². The number of aromatic nitrogens is 2. The Labute approximate surface area is 224 Å². The zero-order chi connectivity index (χ0) is 26.6. The molecule has 5 rings (SSSR count). The molecule has 0 unspecified atom stereocenters. The second-order valence-electron chi connectivity index (χ2n) is 10.8. The summed E-state index contributed by atoms with van der Waals surface area (Å²) in [6.45, 7) is 10.3. The number of rotatable bonds is 9. The summed E-state index contributed by atoms with van der Waals surface area (Å²) < 4.78 is 1.59. The van der Waals surface area contributed by atoms with E-state index in [4.69, 9.17) is 0 Å². The SMILES string of the molecule is Cc1ccc(C(=O)NC2CC2)cc1-n1ccnc(N[C@@H](c2ccccc2)[C@@H](C)CN2CCN[C@@H](C)C2)c1=O. The number of nitrogens with zero attached hydrogens (tertiary/aromatic N) is 3. The predicted octanol–water partition coefficient (Wildman–Crippen LogP) is 3.52. The van der Waals surface area contributed by atoms with Gasteiger partial charge in [-0.25, -0.2) is 4.98 Å². The summed E-state index contributed by atoms with van der Waals surface area (Å²) in [5, 5.41) is 10.0. The van der Waals surface area contributed by atoms with Gasteiger partial charge in [0.1, 0.15) is 0 Å². The molecule has 1 aliphatic carbocycles. The summed E-state index contributed by atoms with van der Waals surface area (Å²) in [5.41, 5.74) is 3.03. The molecule has 1 aromatic heterocycles. The van der Waals surface area contributed by atoms with E-state index in [1.165, 1.54) is 0 Å². The van der Waals surface area contributed by atoms with Gasteiger partial charge >= 0.3 is 0 Å². The maximum Gasteiger partial charge on any atom is 0.297 e. The number of hydrogen-bond donors (Lipinski definition) is 3. The Hall–Kier alpha value is -3.49. The van der Waals surface area contributed by atoms with Crippen LogP contribution in [0.5, 0.6) is 0 Å². The molecule has 3 N–H and O–H groups in total. The van der Waals surface area contributed by atoms with Crippen molar-refractivity contribution < 1.29 is 4.79 Å². The van der Waals surface area contributed by atoms with E-state index in [-0.39, 0.29) is 29.5 Å². The molecule has 1 saturated heterocycles. The van der Waals surface area contributed by atoms with Gasteiger partial charge in [0.15, 0.2) is 5.82 Å². The molecule has 1 saturated carbocycles. The van der Waals surface area contributed by atoms with E-state index in [2.05, 4.69) is 51.8 Å². The van der Waals surface area contributed by atoms with E-state index in [1.807, 2.05) is 37.3 Å². The summed E-state index contributed by atoms with van der Waals surface area (Å²) in [6.07, 6.45) is 5.36. The van der Waals surface area contributed by atoms with Crippen molar-refractivity contribution in [3.05, 3.63) is 88.0 Å². The Morgan fingerprint density at radius 1 is 1.18 bits per heavy atom. The summed E-state index contributed by atoms with van der Waals surface area (Å²) in [6, 6.07) is 16.4. The second-order valence-corrected chi connectivity index (χ2v) is 10.8. The number of anilines is 1. The molecule has 2 heterocycles. The summed E-state index contributed by atoms with van der Waals surface area (Å²) in [7, 11) is 0. The highest BCUT2D eigenvalue weighted by Gasteiger charge is 2.26. The number of carbonyl (C=O) groups is 1. The fourth-order valence-corrected chi connectivity index (χ4v) is 5.26. The summed E-state index contributed by atoms with van der Waals surface area (Å²) in [4.78, 5) is 33.3. The number of carbonyl (C=O) groups excluding carboxylic acids is 1. The highest BCUT2D eigenvalue weighted by atomic mass is 16.2. The number of nitrogens with one attached hydrogen (secondary N) is 3. The normalized spacial score (nSPS) is 19.5. The lowest BCUT2D eigenvalue weighted by atomic mass is 9.93. The number of piperazine rings is 1. The topological polar surface area (TPSA) is 91.3 Å². The van der Waals surface area contributed by atoms with Crippen molar-refractivity contribution in [1.29, 1.82) is 0 Å². The van der Waals surface area contributed by atoms with Crippen LogP contribution in [0.2, 0.25) is 0 Å². The van der Waals surface area contributed by atoms with E-state index in [0.717, 1.165) is 50.1 Å². The highest BCUT2D eigenvalue weighted by Crippen LogP contribution is 2.27. The Morgan fingerprint density at radius 3 is 2.71 bits per heavy atom. The minimum absolute atomic E-state index is 0.0887. The van der Waals surface area contributed by atoms with Gasteiger partial charge in [-0.15, -0.1) is 0 Å². The van der Waals surface area contributed by atoms with Crippen molar-refractivity contribution in [2.75, 3.05) is 31.5 Å². The molecule has 200 valence electrons. The molecular formula is C30H38N6O2. The largest absolute Gasteiger partial charge is 0.358 e. The van der Waals surface area contributed by atoms with Gasteiger partial charge in [0.2, 0.25) is 0 Å². The number of benzene rings is 2. The smallest absolute Gasteiger partial charge is 0.297 e. The Morgan fingerprint density at radius 2 is 1.97 bits per heavy atom. The first-order valence-electron chi connectivity index (χ1n) is 13.7. The minimum atomic E-state index is -0.237. The second kappa shape index (κ2) is 11.5. The van der Waals surface area contributed by atoms with Gasteiger partial charge in [0.05, 0.1) is 11.7 Å². The van der Waals surface area contributed by atoms with Crippen LogP contribution in [0.15, 0.2) is 65.7 Å². The lowest BCUT2D eigenvalue weighted by molar-refractivity contribution is 0.0951. The molecule has 8 heteroatoms. The van der Waals surface area contributed by atoms with Gasteiger partial charge in [0.25, 0.3) is 11.5 Å². The summed E-state index contributed by atoms with van der Waals surface area (Å²) >= 11 is 0. The number of amides is 1. The van der Waals surface area contributed by atoms with E-state index >= 15 is 0 Å². The average Bonchev–Trinajstić information content (AvgIpc) is 3.73. The zero-order valence-electron chi connectivity index (χ0n) is 22.5. The van der Waals surface area contributed by atoms with Gasteiger partial charge in [-0.1, -0.05) is 43.3 Å². The van der Waals surface area contributed by atoms with Crippen LogP contribution in [-0.4, -0.2) is 58.6 Å². The van der Waals surface area contributed by atoms with Gasteiger partial charge in [-0.05, 0) is 55.9 Å². The third-order valence-electron chi connectivity index (χ3n) is 7.50. The van der Waals surface area contributed by atoms with Crippen molar-refractivity contribution in [3.63, 3.8) is 0 Å². The van der Waals surface area contributed by atoms with Crippen molar-refractivity contribution in [3.8, 4) is 5.69 Å². The fraction of sp³-hybridized carbons (Fsp3) is 0.433. The monoisotopic (exact) mass is 514 g/mol.